The molecule has 1 saturated carbocycles. The summed E-state index contributed by atoms with van der Waals surface area (Å²) < 4.78 is 5.47. The van der Waals surface area contributed by atoms with Crippen LogP contribution in [0.3, 0.4) is 0 Å². The first kappa shape index (κ1) is 13.2. The van der Waals surface area contributed by atoms with Crippen LogP contribution in [0.15, 0.2) is 0 Å². The van der Waals surface area contributed by atoms with Crippen LogP contribution in [0.25, 0.3) is 0 Å². The maximum absolute atomic E-state index is 11.9. The minimum absolute atomic E-state index is 0.0740. The number of amides is 1. The summed E-state index contributed by atoms with van der Waals surface area (Å²) in [7, 11) is 0. The van der Waals surface area contributed by atoms with Gasteiger partial charge < -0.3 is 10.1 Å². The van der Waals surface area contributed by atoms with Crippen LogP contribution in [0.2, 0.25) is 0 Å². The minimum Gasteiger partial charge on any atom is -0.368 e. The van der Waals surface area contributed by atoms with E-state index in [4.69, 9.17) is 16.3 Å². The highest BCUT2D eigenvalue weighted by Gasteiger charge is 2.28. The second-order valence-corrected chi connectivity index (χ2v) is 5.51. The lowest BCUT2D eigenvalue weighted by atomic mass is 9.98. The maximum atomic E-state index is 11.9. The molecule has 0 aromatic heterocycles. The Morgan fingerprint density at radius 2 is 2.00 bits per heavy atom. The Balaban J connectivity index is 1.71. The summed E-state index contributed by atoms with van der Waals surface area (Å²) in [6.45, 7) is 1.50. The van der Waals surface area contributed by atoms with Crippen LogP contribution in [0.4, 0.5) is 0 Å². The Bertz CT molecular complexity index is 254. The zero-order valence-corrected chi connectivity index (χ0v) is 11.0. The van der Waals surface area contributed by atoms with E-state index in [2.05, 4.69) is 5.32 Å². The summed E-state index contributed by atoms with van der Waals surface area (Å²) in [4.78, 5) is 11.9. The molecule has 2 rings (SSSR count). The molecular weight excluding hydrogens is 238 g/mol. The van der Waals surface area contributed by atoms with E-state index in [1.807, 2.05) is 0 Å². The third kappa shape index (κ3) is 3.59. The zero-order valence-electron chi connectivity index (χ0n) is 10.3. The van der Waals surface area contributed by atoms with Crippen LogP contribution in [-0.4, -0.2) is 31.0 Å². The molecule has 1 aliphatic carbocycles. The highest BCUT2D eigenvalue weighted by atomic mass is 35.5. The van der Waals surface area contributed by atoms with E-state index >= 15 is 0 Å². The number of carbonyl (C=O) groups excluding carboxylic acids is 1. The average molecular weight is 260 g/mol. The number of halogens is 1. The van der Waals surface area contributed by atoms with Crippen molar-refractivity contribution >= 4 is 17.5 Å². The monoisotopic (exact) mass is 259 g/mol. The number of hydrogen-bond acceptors (Lipinski definition) is 2. The highest BCUT2D eigenvalue weighted by Crippen LogP contribution is 2.32. The van der Waals surface area contributed by atoms with E-state index < -0.39 is 0 Å². The summed E-state index contributed by atoms with van der Waals surface area (Å²) in [6.07, 6.45) is 6.51. The fraction of sp³-hybridized carbons (Fsp3) is 0.923. The van der Waals surface area contributed by atoms with Gasteiger partial charge in [0.1, 0.15) is 6.10 Å². The van der Waals surface area contributed by atoms with E-state index in [0.717, 1.165) is 38.3 Å². The lowest BCUT2D eigenvalue weighted by Gasteiger charge is -2.23. The molecule has 3 atom stereocenters. The molecule has 0 aromatic carbocycles. The molecule has 98 valence electrons. The van der Waals surface area contributed by atoms with Gasteiger partial charge in [-0.3, -0.25) is 4.79 Å². The third-order valence-electron chi connectivity index (χ3n) is 4.03. The normalized spacial score (nSPS) is 33.6. The summed E-state index contributed by atoms with van der Waals surface area (Å²) in [6, 6.07) is 0. The number of rotatable bonds is 4. The van der Waals surface area contributed by atoms with E-state index in [1.54, 1.807) is 0 Å². The summed E-state index contributed by atoms with van der Waals surface area (Å²) in [5.74, 6) is 1.95. The molecule has 0 bridgehead atoms. The highest BCUT2D eigenvalue weighted by molar-refractivity contribution is 6.18. The Hall–Kier alpha value is -0.280. The molecule has 2 aliphatic rings. The SMILES string of the molecule is O=C(NCC1CCCC1CCl)C1CCCCO1. The molecule has 1 aliphatic heterocycles. The van der Waals surface area contributed by atoms with Gasteiger partial charge in [0.15, 0.2) is 0 Å². The molecule has 1 amide bonds. The van der Waals surface area contributed by atoms with Gasteiger partial charge in [0.05, 0.1) is 0 Å². The van der Waals surface area contributed by atoms with Crippen molar-refractivity contribution < 1.29 is 9.53 Å². The summed E-state index contributed by atoms with van der Waals surface area (Å²) >= 11 is 5.93. The molecule has 3 unspecified atom stereocenters. The van der Waals surface area contributed by atoms with Crippen LogP contribution in [0.1, 0.15) is 38.5 Å². The Morgan fingerprint density at radius 3 is 2.71 bits per heavy atom. The molecule has 1 heterocycles. The maximum Gasteiger partial charge on any atom is 0.249 e. The molecule has 17 heavy (non-hydrogen) atoms. The quantitative estimate of drug-likeness (QED) is 0.787. The van der Waals surface area contributed by atoms with Crippen molar-refractivity contribution in [2.75, 3.05) is 19.0 Å². The second kappa shape index (κ2) is 6.60. The largest absolute Gasteiger partial charge is 0.368 e. The molecule has 2 fully saturated rings. The van der Waals surface area contributed by atoms with Crippen LogP contribution in [0, 0.1) is 11.8 Å². The Labute approximate surface area is 108 Å². The van der Waals surface area contributed by atoms with Crippen LogP contribution >= 0.6 is 11.6 Å². The van der Waals surface area contributed by atoms with E-state index in [9.17, 15) is 4.79 Å². The second-order valence-electron chi connectivity index (χ2n) is 5.21. The third-order valence-corrected chi connectivity index (χ3v) is 4.42. The van der Waals surface area contributed by atoms with Gasteiger partial charge in [-0.25, -0.2) is 0 Å². The van der Waals surface area contributed by atoms with Gasteiger partial charge >= 0.3 is 0 Å². The van der Waals surface area contributed by atoms with Crippen molar-refractivity contribution in [1.29, 1.82) is 0 Å². The summed E-state index contributed by atoms with van der Waals surface area (Å²) in [5.41, 5.74) is 0. The lowest BCUT2D eigenvalue weighted by Crippen LogP contribution is -2.41. The first-order valence-corrected chi connectivity index (χ1v) is 7.30. The fourth-order valence-electron chi connectivity index (χ4n) is 2.88. The Morgan fingerprint density at radius 1 is 1.18 bits per heavy atom. The fourth-order valence-corrected chi connectivity index (χ4v) is 3.28. The zero-order chi connectivity index (χ0) is 12.1. The average Bonchev–Trinajstić information content (AvgIpc) is 2.84. The van der Waals surface area contributed by atoms with Gasteiger partial charge in [0.25, 0.3) is 0 Å². The Kier molecular flexibility index (Phi) is 5.11. The summed E-state index contributed by atoms with van der Waals surface area (Å²) in [5, 5.41) is 3.04. The topological polar surface area (TPSA) is 38.3 Å². The number of hydrogen-bond donors (Lipinski definition) is 1. The predicted octanol–water partition coefficient (Wildman–Crippen LogP) is 2.33. The van der Waals surface area contributed by atoms with Gasteiger partial charge in [-0.2, -0.15) is 0 Å². The number of alkyl halides is 1. The van der Waals surface area contributed by atoms with Crippen molar-refractivity contribution in [3.63, 3.8) is 0 Å². The molecule has 0 radical (unpaired) electrons. The van der Waals surface area contributed by atoms with E-state index in [1.165, 1.54) is 19.3 Å². The molecular formula is C13H22ClNO2. The van der Waals surface area contributed by atoms with Gasteiger partial charge in [-0.15, -0.1) is 11.6 Å². The molecule has 1 saturated heterocycles. The van der Waals surface area contributed by atoms with Crippen LogP contribution in [0.5, 0.6) is 0 Å². The van der Waals surface area contributed by atoms with Gasteiger partial charge in [-0.1, -0.05) is 6.42 Å². The standard InChI is InChI=1S/C13H22ClNO2/c14-8-10-4-3-5-11(10)9-15-13(16)12-6-1-2-7-17-12/h10-12H,1-9H2,(H,15,16). The van der Waals surface area contributed by atoms with Gasteiger partial charge in [-0.05, 0) is 43.9 Å². The van der Waals surface area contributed by atoms with Crippen molar-refractivity contribution in [3.05, 3.63) is 0 Å². The van der Waals surface area contributed by atoms with Crippen LogP contribution < -0.4 is 5.32 Å². The number of carbonyl (C=O) groups is 1. The van der Waals surface area contributed by atoms with E-state index in [0.29, 0.717) is 11.8 Å². The van der Waals surface area contributed by atoms with Crippen molar-refractivity contribution in [2.45, 2.75) is 44.6 Å². The van der Waals surface area contributed by atoms with Crippen molar-refractivity contribution in [2.24, 2.45) is 11.8 Å². The molecule has 0 aromatic rings. The number of ether oxygens (including phenoxy) is 1. The first-order valence-electron chi connectivity index (χ1n) is 6.76. The minimum atomic E-state index is -0.209. The molecule has 0 spiro atoms. The molecule has 1 N–H and O–H groups in total. The van der Waals surface area contributed by atoms with Gasteiger partial charge in [0, 0.05) is 19.0 Å². The first-order chi connectivity index (χ1) is 8.31. The van der Waals surface area contributed by atoms with Crippen molar-refractivity contribution in [3.8, 4) is 0 Å². The molecule has 4 heteroatoms. The van der Waals surface area contributed by atoms with Crippen LogP contribution in [-0.2, 0) is 9.53 Å². The lowest BCUT2D eigenvalue weighted by molar-refractivity contribution is -0.135. The number of nitrogens with one attached hydrogen (secondary N) is 1. The smallest absolute Gasteiger partial charge is 0.249 e. The van der Waals surface area contributed by atoms with Crippen molar-refractivity contribution in [1.82, 2.24) is 5.32 Å². The predicted molar refractivity (Wildman–Crippen MR) is 68.2 cm³/mol. The van der Waals surface area contributed by atoms with E-state index in [-0.39, 0.29) is 12.0 Å². The van der Waals surface area contributed by atoms with Gasteiger partial charge in [0.2, 0.25) is 5.91 Å². The molecule has 3 nitrogen and oxygen atoms in total.